The van der Waals surface area contributed by atoms with Crippen molar-refractivity contribution in [1.29, 1.82) is 0 Å². The number of halogens is 1. The van der Waals surface area contributed by atoms with E-state index in [0.29, 0.717) is 30.0 Å². The molecule has 5 rings (SSSR count). The number of imidazole rings is 1. The van der Waals surface area contributed by atoms with Gasteiger partial charge in [-0.2, -0.15) is 4.31 Å². The van der Waals surface area contributed by atoms with Crippen LogP contribution in [0.3, 0.4) is 0 Å². The highest BCUT2D eigenvalue weighted by atomic mass is 79.9. The molecule has 1 aromatic carbocycles. The van der Waals surface area contributed by atoms with Gasteiger partial charge in [-0.25, -0.2) is 13.4 Å². The zero-order valence-corrected chi connectivity index (χ0v) is 18.0. The zero-order chi connectivity index (χ0) is 19.3. The summed E-state index contributed by atoms with van der Waals surface area (Å²) in [5.74, 6) is 0.522. The molecule has 2 N–H and O–H groups in total. The number of rotatable bonds is 4. The Morgan fingerprint density at radius 1 is 1.18 bits per heavy atom. The monoisotopic (exact) mass is 476 g/mol. The number of benzene rings is 1. The first-order valence-corrected chi connectivity index (χ1v) is 12.1. The molecule has 3 aromatic heterocycles. The van der Waals surface area contributed by atoms with Gasteiger partial charge in [0.05, 0.1) is 10.6 Å². The van der Waals surface area contributed by atoms with Crippen LogP contribution in [-0.4, -0.2) is 40.8 Å². The van der Waals surface area contributed by atoms with Crippen molar-refractivity contribution in [2.24, 2.45) is 0 Å². The van der Waals surface area contributed by atoms with Crippen LogP contribution in [0, 0.1) is 0 Å². The molecule has 0 atom stereocenters. The first-order valence-electron chi connectivity index (χ1n) is 8.95. The van der Waals surface area contributed by atoms with Crippen LogP contribution in [0.4, 0.5) is 0 Å². The van der Waals surface area contributed by atoms with Gasteiger partial charge in [-0.15, -0.1) is 11.3 Å². The molecule has 1 fully saturated rings. The third kappa shape index (κ3) is 2.93. The number of hydrogen-bond acceptors (Lipinski definition) is 4. The summed E-state index contributed by atoms with van der Waals surface area (Å²) in [5.41, 5.74) is 2.07. The second kappa shape index (κ2) is 6.84. The van der Waals surface area contributed by atoms with Crippen LogP contribution >= 0.6 is 27.3 Å². The summed E-state index contributed by atoms with van der Waals surface area (Å²) < 4.78 is 29.4. The summed E-state index contributed by atoms with van der Waals surface area (Å²) >= 11 is 5.06. The fraction of sp³-hybridized carbons (Fsp3) is 0.211. The Kier molecular flexibility index (Phi) is 4.42. The van der Waals surface area contributed by atoms with E-state index in [2.05, 4.69) is 30.9 Å². The van der Waals surface area contributed by atoms with Gasteiger partial charge in [-0.3, -0.25) is 0 Å². The number of thiophene rings is 1. The van der Waals surface area contributed by atoms with Gasteiger partial charge in [0.1, 0.15) is 10.6 Å². The molecule has 0 aliphatic carbocycles. The molecular formula is C19H17BrN4O2S2. The standard InChI is InChI=1S/C19H17BrN4O2S2/c20-12-5-6-14-13(10-12)18(28(25,26)24-7-1-2-8-24)17(22-14)19-21-11-15(23-19)16-4-3-9-27-16/h3-6,9-11,22H,1-2,7-8H2,(H,21,23). The predicted octanol–water partition coefficient (Wildman–Crippen LogP) is 4.83. The van der Waals surface area contributed by atoms with Crippen LogP contribution in [0.5, 0.6) is 0 Å². The Balaban J connectivity index is 1.73. The van der Waals surface area contributed by atoms with Gasteiger partial charge in [0.15, 0.2) is 5.82 Å². The molecule has 0 radical (unpaired) electrons. The molecule has 4 heterocycles. The highest BCUT2D eigenvalue weighted by Gasteiger charge is 2.33. The highest BCUT2D eigenvalue weighted by Crippen LogP contribution is 2.37. The average molecular weight is 477 g/mol. The maximum atomic E-state index is 13.5. The fourth-order valence-electron chi connectivity index (χ4n) is 3.63. The van der Waals surface area contributed by atoms with Crippen molar-refractivity contribution in [2.75, 3.05) is 13.1 Å². The van der Waals surface area contributed by atoms with E-state index in [1.54, 1.807) is 15.6 Å². The van der Waals surface area contributed by atoms with E-state index in [1.165, 1.54) is 0 Å². The molecule has 0 spiro atoms. The second-order valence-electron chi connectivity index (χ2n) is 6.74. The molecule has 6 nitrogen and oxygen atoms in total. The molecule has 0 saturated carbocycles. The summed E-state index contributed by atoms with van der Waals surface area (Å²) in [5, 5.41) is 2.67. The second-order valence-corrected chi connectivity index (χ2v) is 10.5. The molecule has 0 bridgehead atoms. The molecular weight excluding hydrogens is 460 g/mol. The van der Waals surface area contributed by atoms with Gasteiger partial charge in [-0.1, -0.05) is 22.0 Å². The van der Waals surface area contributed by atoms with Gasteiger partial charge in [0, 0.05) is 34.7 Å². The van der Waals surface area contributed by atoms with Gasteiger partial charge in [0.2, 0.25) is 10.0 Å². The number of nitrogens with one attached hydrogen (secondary N) is 2. The zero-order valence-electron chi connectivity index (χ0n) is 14.8. The molecule has 1 saturated heterocycles. The molecule has 1 aliphatic heterocycles. The minimum atomic E-state index is -3.64. The summed E-state index contributed by atoms with van der Waals surface area (Å²) in [6.07, 6.45) is 3.60. The van der Waals surface area contributed by atoms with E-state index < -0.39 is 10.0 Å². The number of hydrogen-bond donors (Lipinski definition) is 2. The third-order valence-corrected chi connectivity index (χ3v) is 8.33. The average Bonchev–Trinajstić information content (AvgIpc) is 3.47. The van der Waals surface area contributed by atoms with Gasteiger partial charge in [-0.05, 0) is 42.5 Å². The van der Waals surface area contributed by atoms with E-state index >= 15 is 0 Å². The lowest BCUT2D eigenvalue weighted by atomic mass is 10.2. The van der Waals surface area contributed by atoms with Crippen molar-refractivity contribution in [3.05, 3.63) is 46.4 Å². The molecule has 1 aliphatic rings. The van der Waals surface area contributed by atoms with E-state index in [4.69, 9.17) is 0 Å². The van der Waals surface area contributed by atoms with Crippen molar-refractivity contribution in [2.45, 2.75) is 17.7 Å². The van der Waals surface area contributed by atoms with Crippen LogP contribution in [0.15, 0.2) is 51.3 Å². The molecule has 0 unspecified atom stereocenters. The molecule has 9 heteroatoms. The Morgan fingerprint density at radius 2 is 2.00 bits per heavy atom. The quantitative estimate of drug-likeness (QED) is 0.442. The van der Waals surface area contributed by atoms with Crippen LogP contribution < -0.4 is 0 Å². The summed E-state index contributed by atoms with van der Waals surface area (Å²) in [4.78, 5) is 12.4. The topological polar surface area (TPSA) is 81.8 Å². The van der Waals surface area contributed by atoms with E-state index in [9.17, 15) is 8.42 Å². The fourth-order valence-corrected chi connectivity index (χ4v) is 6.53. The Morgan fingerprint density at radius 3 is 2.75 bits per heavy atom. The van der Waals surface area contributed by atoms with Crippen molar-refractivity contribution in [1.82, 2.24) is 19.3 Å². The number of aromatic amines is 2. The van der Waals surface area contributed by atoms with Crippen molar-refractivity contribution < 1.29 is 8.42 Å². The predicted molar refractivity (Wildman–Crippen MR) is 115 cm³/mol. The Bertz CT molecular complexity index is 1250. The summed E-state index contributed by atoms with van der Waals surface area (Å²) in [6, 6.07) is 9.59. The van der Waals surface area contributed by atoms with Gasteiger partial charge < -0.3 is 9.97 Å². The Labute approximate surface area is 174 Å². The molecule has 144 valence electrons. The van der Waals surface area contributed by atoms with E-state index in [0.717, 1.165) is 33.4 Å². The molecule has 28 heavy (non-hydrogen) atoms. The van der Waals surface area contributed by atoms with E-state index in [-0.39, 0.29) is 4.90 Å². The number of H-pyrrole nitrogens is 2. The van der Waals surface area contributed by atoms with Crippen LogP contribution in [0.1, 0.15) is 12.8 Å². The van der Waals surface area contributed by atoms with Gasteiger partial charge in [0.25, 0.3) is 0 Å². The highest BCUT2D eigenvalue weighted by molar-refractivity contribution is 9.10. The maximum Gasteiger partial charge on any atom is 0.245 e. The summed E-state index contributed by atoms with van der Waals surface area (Å²) in [7, 11) is -3.64. The number of nitrogens with zero attached hydrogens (tertiary/aromatic N) is 2. The minimum absolute atomic E-state index is 0.290. The lowest BCUT2D eigenvalue weighted by molar-refractivity contribution is 0.478. The largest absolute Gasteiger partial charge is 0.351 e. The lowest BCUT2D eigenvalue weighted by Crippen LogP contribution is -2.28. The lowest BCUT2D eigenvalue weighted by Gasteiger charge is -2.16. The first kappa shape index (κ1) is 18.1. The Hall–Kier alpha value is -1.94. The number of fused-ring (bicyclic) bond motifs is 1. The van der Waals surface area contributed by atoms with Crippen molar-refractivity contribution in [3.8, 4) is 22.1 Å². The number of sulfonamides is 1. The van der Waals surface area contributed by atoms with E-state index in [1.807, 2.05) is 41.9 Å². The molecule has 0 amide bonds. The maximum absolute atomic E-state index is 13.5. The minimum Gasteiger partial charge on any atom is -0.351 e. The first-order chi connectivity index (χ1) is 13.5. The van der Waals surface area contributed by atoms with Crippen molar-refractivity contribution >= 4 is 48.2 Å². The summed E-state index contributed by atoms with van der Waals surface area (Å²) in [6.45, 7) is 1.11. The number of aromatic nitrogens is 3. The normalized spacial score (nSPS) is 15.6. The molecule has 4 aromatic rings. The third-order valence-electron chi connectivity index (χ3n) is 4.96. The smallest absolute Gasteiger partial charge is 0.245 e. The van der Waals surface area contributed by atoms with Crippen molar-refractivity contribution in [3.63, 3.8) is 0 Å². The van der Waals surface area contributed by atoms with Gasteiger partial charge >= 0.3 is 0 Å². The van der Waals surface area contributed by atoms with Crippen LogP contribution in [0.2, 0.25) is 0 Å². The van der Waals surface area contributed by atoms with Crippen LogP contribution in [-0.2, 0) is 10.0 Å². The SMILES string of the molecule is O=S(=O)(c1c(-c2nc(-c3cccs3)c[nH]2)[nH]c2ccc(Br)cc12)N1CCCC1. The van der Waals surface area contributed by atoms with Crippen LogP contribution in [0.25, 0.3) is 33.0 Å².